The lowest BCUT2D eigenvalue weighted by Gasteiger charge is -2.15. The molecule has 2 aromatic rings. The number of hydrogen-bond acceptors (Lipinski definition) is 4. The van der Waals surface area contributed by atoms with Crippen LogP contribution in [0.25, 0.3) is 0 Å². The number of para-hydroxylation sites is 1. The van der Waals surface area contributed by atoms with Gasteiger partial charge in [-0.15, -0.1) is 0 Å². The van der Waals surface area contributed by atoms with Crippen LogP contribution < -0.4 is 19.5 Å². The molecule has 0 aromatic heterocycles. The van der Waals surface area contributed by atoms with E-state index >= 15 is 0 Å². The van der Waals surface area contributed by atoms with Crippen molar-refractivity contribution < 1.29 is 19.0 Å². The van der Waals surface area contributed by atoms with Crippen LogP contribution in [0.2, 0.25) is 0 Å². The molecule has 0 heterocycles. The van der Waals surface area contributed by atoms with E-state index in [2.05, 4.69) is 19.2 Å². The summed E-state index contributed by atoms with van der Waals surface area (Å²) in [5.41, 5.74) is 1.02. The minimum atomic E-state index is -0.263. The van der Waals surface area contributed by atoms with Crippen molar-refractivity contribution in [2.45, 2.75) is 13.8 Å². The normalized spacial score (nSPS) is 10.4. The highest BCUT2D eigenvalue weighted by atomic mass is 16.5. The van der Waals surface area contributed by atoms with E-state index in [4.69, 9.17) is 14.2 Å². The molecule has 0 aliphatic carbocycles. The molecule has 0 aliphatic rings. The first-order chi connectivity index (χ1) is 11.5. The van der Waals surface area contributed by atoms with Gasteiger partial charge in [-0.3, -0.25) is 4.79 Å². The van der Waals surface area contributed by atoms with Crippen molar-refractivity contribution in [1.29, 1.82) is 0 Å². The van der Waals surface area contributed by atoms with E-state index in [1.165, 1.54) is 0 Å². The summed E-state index contributed by atoms with van der Waals surface area (Å²) >= 11 is 0. The molecule has 0 bridgehead atoms. The zero-order chi connectivity index (χ0) is 17.5. The lowest BCUT2D eigenvalue weighted by molar-refractivity contribution is 0.102. The number of ether oxygens (including phenoxy) is 3. The molecule has 128 valence electrons. The zero-order valence-electron chi connectivity index (χ0n) is 14.5. The maximum absolute atomic E-state index is 12.7. The largest absolute Gasteiger partial charge is 0.497 e. The van der Waals surface area contributed by atoms with Gasteiger partial charge in [0.25, 0.3) is 5.91 Å². The minimum absolute atomic E-state index is 0.263. The number of anilines is 1. The number of rotatable bonds is 7. The molecule has 0 atom stereocenters. The van der Waals surface area contributed by atoms with E-state index < -0.39 is 0 Å². The maximum atomic E-state index is 12.7. The van der Waals surface area contributed by atoms with Crippen LogP contribution in [0.3, 0.4) is 0 Å². The molecule has 0 spiro atoms. The van der Waals surface area contributed by atoms with Crippen molar-refractivity contribution in [3.05, 3.63) is 48.0 Å². The lowest BCUT2D eigenvalue weighted by atomic mass is 10.1. The standard InChI is InChI=1S/C19H23NO4/c1-13(2)12-24-17-8-6-5-7-15(17)19(21)20-16-11-14(22-3)9-10-18(16)23-4/h5-11,13H,12H2,1-4H3,(H,20,21). The van der Waals surface area contributed by atoms with E-state index in [0.29, 0.717) is 41.0 Å². The first kappa shape index (κ1) is 17.7. The summed E-state index contributed by atoms with van der Waals surface area (Å²) in [6.07, 6.45) is 0. The van der Waals surface area contributed by atoms with Crippen LogP contribution in [-0.4, -0.2) is 26.7 Å². The van der Waals surface area contributed by atoms with Crippen LogP contribution in [0.1, 0.15) is 24.2 Å². The molecule has 1 N–H and O–H groups in total. The van der Waals surface area contributed by atoms with E-state index in [1.807, 2.05) is 6.07 Å². The average molecular weight is 329 g/mol. The fourth-order valence-corrected chi connectivity index (χ4v) is 2.14. The van der Waals surface area contributed by atoms with Crippen LogP contribution in [0.15, 0.2) is 42.5 Å². The molecule has 2 rings (SSSR count). The Labute approximate surface area is 142 Å². The Kier molecular flexibility index (Phi) is 6.07. The molecule has 2 aromatic carbocycles. The SMILES string of the molecule is COc1ccc(OC)c(NC(=O)c2ccccc2OCC(C)C)c1. The number of hydrogen-bond donors (Lipinski definition) is 1. The zero-order valence-corrected chi connectivity index (χ0v) is 14.5. The molecule has 0 aliphatic heterocycles. The van der Waals surface area contributed by atoms with Gasteiger partial charge in [0.1, 0.15) is 17.2 Å². The molecule has 0 saturated heterocycles. The Morgan fingerprint density at radius 2 is 1.79 bits per heavy atom. The third-order valence-electron chi connectivity index (χ3n) is 3.36. The second-order valence-electron chi connectivity index (χ2n) is 5.72. The van der Waals surface area contributed by atoms with Crippen molar-refractivity contribution in [3.63, 3.8) is 0 Å². The van der Waals surface area contributed by atoms with Crippen molar-refractivity contribution in [2.24, 2.45) is 5.92 Å². The molecule has 0 saturated carbocycles. The summed E-state index contributed by atoms with van der Waals surface area (Å²) in [6.45, 7) is 4.67. The number of carbonyl (C=O) groups excluding carboxylic acids is 1. The number of carbonyl (C=O) groups is 1. The molecule has 0 radical (unpaired) electrons. The van der Waals surface area contributed by atoms with Gasteiger partial charge in [-0.1, -0.05) is 26.0 Å². The first-order valence-electron chi connectivity index (χ1n) is 7.80. The molecular weight excluding hydrogens is 306 g/mol. The Morgan fingerprint density at radius 3 is 2.46 bits per heavy atom. The molecular formula is C19H23NO4. The molecule has 5 nitrogen and oxygen atoms in total. The summed E-state index contributed by atoms with van der Waals surface area (Å²) in [7, 11) is 3.12. The van der Waals surface area contributed by atoms with Gasteiger partial charge in [0.2, 0.25) is 0 Å². The van der Waals surface area contributed by atoms with E-state index in [-0.39, 0.29) is 5.91 Å². The Bertz CT molecular complexity index is 698. The van der Waals surface area contributed by atoms with Gasteiger partial charge >= 0.3 is 0 Å². The van der Waals surface area contributed by atoms with E-state index in [0.717, 1.165) is 0 Å². The monoisotopic (exact) mass is 329 g/mol. The Balaban J connectivity index is 2.24. The van der Waals surface area contributed by atoms with E-state index in [1.54, 1.807) is 50.6 Å². The van der Waals surface area contributed by atoms with Gasteiger partial charge in [-0.05, 0) is 30.2 Å². The van der Waals surface area contributed by atoms with Crippen molar-refractivity contribution in [1.82, 2.24) is 0 Å². The second-order valence-corrected chi connectivity index (χ2v) is 5.72. The first-order valence-corrected chi connectivity index (χ1v) is 7.80. The van der Waals surface area contributed by atoms with Crippen molar-refractivity contribution in [3.8, 4) is 17.2 Å². The quantitative estimate of drug-likeness (QED) is 0.834. The molecule has 0 fully saturated rings. The molecule has 1 amide bonds. The number of methoxy groups -OCH3 is 2. The van der Waals surface area contributed by atoms with E-state index in [9.17, 15) is 4.79 Å². The Morgan fingerprint density at radius 1 is 1.04 bits per heavy atom. The summed E-state index contributed by atoms with van der Waals surface area (Å²) in [5.74, 6) is 1.87. The van der Waals surface area contributed by atoms with Crippen LogP contribution >= 0.6 is 0 Å². The molecule has 24 heavy (non-hydrogen) atoms. The van der Waals surface area contributed by atoms with Crippen molar-refractivity contribution >= 4 is 11.6 Å². The van der Waals surface area contributed by atoms with Gasteiger partial charge < -0.3 is 19.5 Å². The number of amides is 1. The molecule has 0 unspecified atom stereocenters. The summed E-state index contributed by atoms with van der Waals surface area (Å²) in [6, 6.07) is 12.4. The van der Waals surface area contributed by atoms with Crippen LogP contribution in [0, 0.1) is 5.92 Å². The smallest absolute Gasteiger partial charge is 0.259 e. The van der Waals surface area contributed by atoms with Crippen LogP contribution in [0.4, 0.5) is 5.69 Å². The van der Waals surface area contributed by atoms with Crippen LogP contribution in [-0.2, 0) is 0 Å². The summed E-state index contributed by atoms with van der Waals surface area (Å²) in [5, 5.41) is 2.86. The summed E-state index contributed by atoms with van der Waals surface area (Å²) in [4.78, 5) is 12.7. The fraction of sp³-hybridized carbons (Fsp3) is 0.316. The minimum Gasteiger partial charge on any atom is -0.497 e. The third-order valence-corrected chi connectivity index (χ3v) is 3.36. The van der Waals surface area contributed by atoms with Gasteiger partial charge in [0.05, 0.1) is 32.1 Å². The fourth-order valence-electron chi connectivity index (χ4n) is 2.14. The number of nitrogens with one attached hydrogen (secondary N) is 1. The molecule has 5 heteroatoms. The lowest BCUT2D eigenvalue weighted by Crippen LogP contribution is -2.15. The highest BCUT2D eigenvalue weighted by Gasteiger charge is 2.15. The topological polar surface area (TPSA) is 56.8 Å². The Hall–Kier alpha value is -2.69. The maximum Gasteiger partial charge on any atom is 0.259 e. The van der Waals surface area contributed by atoms with Gasteiger partial charge in [0, 0.05) is 6.07 Å². The highest BCUT2D eigenvalue weighted by Crippen LogP contribution is 2.30. The summed E-state index contributed by atoms with van der Waals surface area (Å²) < 4.78 is 16.2. The predicted octanol–water partition coefficient (Wildman–Crippen LogP) is 3.99. The van der Waals surface area contributed by atoms with Gasteiger partial charge in [-0.25, -0.2) is 0 Å². The average Bonchev–Trinajstić information content (AvgIpc) is 2.60. The number of benzene rings is 2. The van der Waals surface area contributed by atoms with Gasteiger partial charge in [-0.2, -0.15) is 0 Å². The second kappa shape index (κ2) is 8.24. The third kappa shape index (κ3) is 4.41. The van der Waals surface area contributed by atoms with Gasteiger partial charge in [0.15, 0.2) is 0 Å². The van der Waals surface area contributed by atoms with Crippen LogP contribution in [0.5, 0.6) is 17.2 Å². The highest BCUT2D eigenvalue weighted by molar-refractivity contribution is 6.07. The predicted molar refractivity (Wildman–Crippen MR) is 94.3 cm³/mol. The van der Waals surface area contributed by atoms with Crippen molar-refractivity contribution in [2.75, 3.05) is 26.1 Å².